The van der Waals surface area contributed by atoms with Gasteiger partial charge in [-0.2, -0.15) is 0 Å². The Labute approximate surface area is 89.6 Å². The van der Waals surface area contributed by atoms with Crippen LogP contribution in [0.2, 0.25) is 0 Å². The molecule has 0 aliphatic carbocycles. The molecule has 68 valence electrons. The molecule has 1 aromatic rings. The van der Waals surface area contributed by atoms with E-state index in [0.29, 0.717) is 5.69 Å². The molecule has 0 radical (unpaired) electrons. The van der Waals surface area contributed by atoms with E-state index in [-0.39, 0.29) is 18.2 Å². The maximum absolute atomic E-state index is 8.97. The molecule has 0 heterocycles. The number of nitrogens with two attached hydrogens (primary N) is 1. The number of phenols is 1. The molecule has 0 atom stereocenters. The van der Waals surface area contributed by atoms with Crippen LogP contribution in [0.3, 0.4) is 0 Å². The molecule has 0 unspecified atom stereocenters. The van der Waals surface area contributed by atoms with Gasteiger partial charge in [-0.05, 0) is 0 Å². The zero-order chi connectivity index (χ0) is 8.43. The molecule has 0 bridgehead atoms. The van der Waals surface area contributed by atoms with Crippen molar-refractivity contribution in [1.29, 1.82) is 0 Å². The molecule has 0 aliphatic rings. The van der Waals surface area contributed by atoms with Crippen LogP contribution in [0.1, 0.15) is 0 Å². The van der Waals surface area contributed by atoms with Crippen molar-refractivity contribution < 1.29 is 5.11 Å². The second-order valence-electron chi connectivity index (χ2n) is 1.98. The summed E-state index contributed by atoms with van der Waals surface area (Å²) < 4.78 is 0.763. The molecule has 6 heteroatoms. The van der Waals surface area contributed by atoms with E-state index in [2.05, 4.69) is 0 Å². The summed E-state index contributed by atoms with van der Waals surface area (Å²) in [6, 6.07) is 4.63. The summed E-state index contributed by atoms with van der Waals surface area (Å²) in [5, 5.41) is 8.97. The molecule has 0 saturated heterocycles. The first kappa shape index (κ1) is 12.2. The normalized spacial score (nSPS) is 9.58. The van der Waals surface area contributed by atoms with Gasteiger partial charge in [0.05, 0.1) is 0 Å². The topological polar surface area (TPSA) is 46.2 Å². The van der Waals surface area contributed by atoms with E-state index in [1.807, 2.05) is 0 Å². The Balaban J connectivity index is 0.00000121. The molecule has 12 heavy (non-hydrogen) atoms. The van der Waals surface area contributed by atoms with Crippen molar-refractivity contribution in [2.75, 3.05) is 5.73 Å². The van der Waals surface area contributed by atoms with Gasteiger partial charge in [-0.25, -0.2) is 0 Å². The maximum atomic E-state index is 8.97. The molecule has 0 spiro atoms. The van der Waals surface area contributed by atoms with E-state index >= 15 is 0 Å². The number of nitrogen functional groups attached to an aromatic ring is 1. The fourth-order valence-electron chi connectivity index (χ4n) is 0.696. The SMILES string of the molecule is Cl.Nc1cc(O)ccc1[As](Cl)Cl. The Morgan fingerprint density at radius 1 is 1.33 bits per heavy atom. The van der Waals surface area contributed by atoms with Gasteiger partial charge in [-0.15, -0.1) is 12.4 Å². The standard InChI is InChI=1S/C6H6AsCl2NO.ClH/c8-7(9)5-2-1-4(11)3-6(5)10;/h1-3,11H,10H2;1H. The average Bonchev–Trinajstić information content (AvgIpc) is 1.85. The van der Waals surface area contributed by atoms with Gasteiger partial charge in [-0.1, -0.05) is 0 Å². The zero-order valence-corrected chi connectivity index (χ0v) is 10.1. The quantitative estimate of drug-likeness (QED) is 0.609. The Morgan fingerprint density at radius 2 is 1.92 bits per heavy atom. The molecule has 0 aliphatic heterocycles. The Hall–Kier alpha value is 0.248. The molecule has 1 rings (SSSR count). The van der Waals surface area contributed by atoms with Crippen LogP contribution in [0.15, 0.2) is 18.2 Å². The molecule has 0 amide bonds. The monoisotopic (exact) mass is 289 g/mol. The summed E-state index contributed by atoms with van der Waals surface area (Å²) in [5.41, 5.74) is 6.00. The Kier molecular flexibility index (Phi) is 5.19. The van der Waals surface area contributed by atoms with Crippen LogP contribution in [0.4, 0.5) is 5.69 Å². The van der Waals surface area contributed by atoms with Gasteiger partial charge in [0.15, 0.2) is 0 Å². The van der Waals surface area contributed by atoms with Crippen molar-refractivity contribution in [2.24, 2.45) is 0 Å². The predicted molar refractivity (Wildman–Crippen MR) is 56.9 cm³/mol. The van der Waals surface area contributed by atoms with Crippen molar-refractivity contribution in [2.45, 2.75) is 0 Å². The first-order valence-corrected chi connectivity index (χ1v) is 8.68. The van der Waals surface area contributed by atoms with E-state index in [9.17, 15) is 0 Å². The van der Waals surface area contributed by atoms with Crippen LogP contribution >= 0.6 is 32.3 Å². The number of halogens is 3. The van der Waals surface area contributed by atoms with E-state index in [4.69, 9.17) is 30.7 Å². The number of hydrogen-bond donors (Lipinski definition) is 2. The molecule has 0 saturated carbocycles. The number of aromatic hydroxyl groups is 1. The predicted octanol–water partition coefficient (Wildman–Crippen LogP) is 1.57. The molecular formula is C6H7AsCl3NO. The summed E-state index contributed by atoms with van der Waals surface area (Å²) in [6.07, 6.45) is 0. The van der Waals surface area contributed by atoms with Crippen LogP contribution in [0, 0.1) is 0 Å². The van der Waals surface area contributed by atoms with Crippen LogP contribution in [0.5, 0.6) is 5.75 Å². The van der Waals surface area contributed by atoms with Gasteiger partial charge in [0.1, 0.15) is 0 Å². The van der Waals surface area contributed by atoms with Crippen molar-refractivity contribution in [3.8, 4) is 5.75 Å². The van der Waals surface area contributed by atoms with Gasteiger partial charge in [0.25, 0.3) is 0 Å². The molecule has 3 N–H and O–H groups in total. The summed E-state index contributed by atoms with van der Waals surface area (Å²) in [6.45, 7) is 0. The Morgan fingerprint density at radius 3 is 2.33 bits per heavy atom. The Bertz CT molecular complexity index is 269. The summed E-state index contributed by atoms with van der Waals surface area (Å²) in [4.78, 5) is 0. The van der Waals surface area contributed by atoms with E-state index < -0.39 is 12.8 Å². The fraction of sp³-hybridized carbons (Fsp3) is 0. The number of phenolic OH excluding ortho intramolecular Hbond substituents is 1. The summed E-state index contributed by atoms with van der Waals surface area (Å²) >= 11 is -1.94. The van der Waals surface area contributed by atoms with Gasteiger partial charge in [0, 0.05) is 0 Å². The summed E-state index contributed by atoms with van der Waals surface area (Å²) in [7, 11) is 11.4. The van der Waals surface area contributed by atoms with Crippen LogP contribution in [0.25, 0.3) is 0 Å². The second-order valence-corrected chi connectivity index (χ2v) is 8.38. The van der Waals surface area contributed by atoms with E-state index in [0.717, 1.165) is 4.35 Å². The zero-order valence-electron chi connectivity index (χ0n) is 5.87. The fourth-order valence-corrected chi connectivity index (χ4v) is 3.23. The van der Waals surface area contributed by atoms with Gasteiger partial charge >= 0.3 is 77.5 Å². The van der Waals surface area contributed by atoms with Crippen LogP contribution in [-0.2, 0) is 0 Å². The third-order valence-electron chi connectivity index (χ3n) is 1.19. The van der Waals surface area contributed by atoms with Crippen LogP contribution < -0.4 is 10.1 Å². The van der Waals surface area contributed by atoms with Crippen molar-refractivity contribution in [3.63, 3.8) is 0 Å². The average molecular weight is 290 g/mol. The first-order chi connectivity index (χ1) is 5.11. The first-order valence-electron chi connectivity index (χ1n) is 2.81. The molecule has 0 fully saturated rings. The molecule has 0 aromatic heterocycles. The number of rotatable bonds is 1. The van der Waals surface area contributed by atoms with Crippen LogP contribution in [-0.4, -0.2) is 17.9 Å². The minimum atomic E-state index is -1.94. The number of hydrogen-bond acceptors (Lipinski definition) is 2. The van der Waals surface area contributed by atoms with Gasteiger partial charge in [-0.3, -0.25) is 0 Å². The van der Waals surface area contributed by atoms with Crippen molar-refractivity contribution in [3.05, 3.63) is 18.2 Å². The van der Waals surface area contributed by atoms with Gasteiger partial charge in [0.2, 0.25) is 0 Å². The third kappa shape index (κ3) is 2.95. The second kappa shape index (κ2) is 5.08. The number of benzene rings is 1. The van der Waals surface area contributed by atoms with Crippen molar-refractivity contribution in [1.82, 2.24) is 0 Å². The molecule has 1 aromatic carbocycles. The molecule has 2 nitrogen and oxygen atoms in total. The van der Waals surface area contributed by atoms with E-state index in [1.165, 1.54) is 12.1 Å². The van der Waals surface area contributed by atoms with Crippen molar-refractivity contribution >= 4 is 55.1 Å². The third-order valence-corrected chi connectivity index (χ3v) is 4.70. The minimum absolute atomic E-state index is 0. The molecular weight excluding hydrogens is 283 g/mol. The van der Waals surface area contributed by atoms with E-state index in [1.54, 1.807) is 6.07 Å². The number of anilines is 1. The summed E-state index contributed by atoms with van der Waals surface area (Å²) in [5.74, 6) is 0.135. The van der Waals surface area contributed by atoms with Gasteiger partial charge < -0.3 is 0 Å².